The Morgan fingerprint density at radius 2 is 2.00 bits per heavy atom. The van der Waals surface area contributed by atoms with E-state index in [9.17, 15) is 13.2 Å². The summed E-state index contributed by atoms with van der Waals surface area (Å²) in [6.45, 7) is -0.197. The van der Waals surface area contributed by atoms with Gasteiger partial charge in [0.2, 0.25) is 0 Å². The van der Waals surface area contributed by atoms with Gasteiger partial charge < -0.3 is 4.18 Å². The topological polar surface area (TPSA) is 9.23 Å². The van der Waals surface area contributed by atoms with E-state index >= 15 is 0 Å². The smallest absolute Gasteiger partial charge is 0.315 e. The molecule has 0 saturated heterocycles. The third kappa shape index (κ3) is 1.82. The van der Waals surface area contributed by atoms with Crippen molar-refractivity contribution >= 4 is 12.0 Å². The molecule has 0 heterocycles. The molecule has 5 heteroatoms. The maximum atomic E-state index is 12.1. The third-order valence-electron chi connectivity index (χ3n) is 1.91. The number of alkyl halides is 3. The quantitative estimate of drug-likeness (QED) is 0.626. The fourth-order valence-corrected chi connectivity index (χ4v) is 1.18. The highest BCUT2D eigenvalue weighted by molar-refractivity contribution is 7.93. The van der Waals surface area contributed by atoms with Crippen molar-refractivity contribution in [1.29, 1.82) is 0 Å². The van der Waals surface area contributed by atoms with Gasteiger partial charge in [-0.25, -0.2) is 0 Å². The predicted octanol–water partition coefficient (Wildman–Crippen LogP) is 2.62. The second kappa shape index (κ2) is 2.86. The van der Waals surface area contributed by atoms with Crippen molar-refractivity contribution in [1.82, 2.24) is 0 Å². The van der Waals surface area contributed by atoms with E-state index in [1.54, 1.807) is 6.26 Å². The summed E-state index contributed by atoms with van der Waals surface area (Å²) in [5.74, 6) is 0. The van der Waals surface area contributed by atoms with Crippen molar-refractivity contribution in [2.45, 2.75) is 19.0 Å². The van der Waals surface area contributed by atoms with Gasteiger partial charge >= 0.3 is 6.18 Å². The molecule has 1 saturated carbocycles. The Bertz CT molecular complexity index is 141. The van der Waals surface area contributed by atoms with Crippen LogP contribution in [0.5, 0.6) is 0 Å². The summed E-state index contributed by atoms with van der Waals surface area (Å²) in [5.41, 5.74) is -1.50. The Kier molecular flexibility index (Phi) is 2.39. The summed E-state index contributed by atoms with van der Waals surface area (Å²) in [7, 11) is 0. The molecule has 1 nitrogen and oxygen atoms in total. The molecule has 1 rings (SSSR count). The SMILES string of the molecule is CSOCC1(C(F)(F)F)CC1. The number of hydrogen-bond acceptors (Lipinski definition) is 2. The fraction of sp³-hybridized carbons (Fsp3) is 1.00. The minimum atomic E-state index is -4.08. The van der Waals surface area contributed by atoms with Gasteiger partial charge in [-0.3, -0.25) is 0 Å². The first-order valence-electron chi connectivity index (χ1n) is 3.24. The molecule has 0 aromatic heterocycles. The first-order valence-corrected chi connectivity index (χ1v) is 4.39. The Balaban J connectivity index is 2.41. The second-order valence-electron chi connectivity index (χ2n) is 2.71. The summed E-state index contributed by atoms with van der Waals surface area (Å²) in [6.07, 6.45) is -2.02. The normalized spacial score (nSPS) is 21.8. The van der Waals surface area contributed by atoms with Crippen LogP contribution >= 0.6 is 12.0 Å². The average Bonchev–Trinajstić information content (AvgIpc) is 2.61. The third-order valence-corrected chi connectivity index (χ3v) is 2.26. The molecule has 1 aliphatic carbocycles. The lowest BCUT2D eigenvalue weighted by molar-refractivity contribution is -0.193. The van der Waals surface area contributed by atoms with Gasteiger partial charge in [0.25, 0.3) is 0 Å². The molecule has 11 heavy (non-hydrogen) atoms. The number of rotatable bonds is 3. The van der Waals surface area contributed by atoms with E-state index in [4.69, 9.17) is 0 Å². The zero-order valence-electron chi connectivity index (χ0n) is 6.07. The molecule has 0 bridgehead atoms. The Labute approximate surface area is 67.5 Å². The largest absolute Gasteiger partial charge is 0.396 e. The van der Waals surface area contributed by atoms with E-state index < -0.39 is 11.6 Å². The van der Waals surface area contributed by atoms with Gasteiger partial charge in [0.15, 0.2) is 0 Å². The Morgan fingerprint density at radius 1 is 1.45 bits per heavy atom. The summed E-state index contributed by atoms with van der Waals surface area (Å²) in [4.78, 5) is 0. The van der Waals surface area contributed by atoms with E-state index in [1.165, 1.54) is 0 Å². The maximum Gasteiger partial charge on any atom is 0.396 e. The number of hydrogen-bond donors (Lipinski definition) is 0. The van der Waals surface area contributed by atoms with Gasteiger partial charge in [-0.2, -0.15) is 13.2 Å². The van der Waals surface area contributed by atoms with Crippen LogP contribution in [0, 0.1) is 5.41 Å². The van der Waals surface area contributed by atoms with Crippen LogP contribution in [-0.2, 0) is 4.18 Å². The molecule has 1 aliphatic rings. The molecule has 0 unspecified atom stereocenters. The van der Waals surface area contributed by atoms with Crippen LogP contribution in [0.4, 0.5) is 13.2 Å². The van der Waals surface area contributed by atoms with E-state index in [1.807, 2.05) is 0 Å². The molecule has 0 atom stereocenters. The summed E-state index contributed by atoms with van der Waals surface area (Å²) < 4.78 is 41.1. The van der Waals surface area contributed by atoms with Crippen LogP contribution in [0.25, 0.3) is 0 Å². The van der Waals surface area contributed by atoms with Crippen LogP contribution in [0.1, 0.15) is 12.8 Å². The molecule has 0 aromatic carbocycles. The van der Waals surface area contributed by atoms with E-state index in [0.29, 0.717) is 0 Å². The molecule has 0 N–H and O–H groups in total. The summed E-state index contributed by atoms with van der Waals surface area (Å²) in [5, 5.41) is 0. The lowest BCUT2D eigenvalue weighted by Crippen LogP contribution is -2.28. The molecule has 0 radical (unpaired) electrons. The van der Waals surface area contributed by atoms with Crippen LogP contribution in [0.15, 0.2) is 0 Å². The highest BCUT2D eigenvalue weighted by atomic mass is 32.2. The average molecular weight is 186 g/mol. The Hall–Kier alpha value is 0.100. The molecule has 0 aliphatic heterocycles. The van der Waals surface area contributed by atoms with Gasteiger partial charge in [-0.1, -0.05) is 0 Å². The van der Waals surface area contributed by atoms with Gasteiger partial charge in [-0.05, 0) is 24.9 Å². The van der Waals surface area contributed by atoms with E-state index in [2.05, 4.69) is 4.18 Å². The van der Waals surface area contributed by atoms with Gasteiger partial charge in [0, 0.05) is 6.26 Å². The van der Waals surface area contributed by atoms with Crippen molar-refractivity contribution in [3.63, 3.8) is 0 Å². The molecule has 1 fully saturated rings. The monoisotopic (exact) mass is 186 g/mol. The van der Waals surface area contributed by atoms with E-state index in [-0.39, 0.29) is 19.4 Å². The van der Waals surface area contributed by atoms with E-state index in [0.717, 1.165) is 12.0 Å². The second-order valence-corrected chi connectivity index (χ2v) is 3.28. The fourth-order valence-electron chi connectivity index (χ4n) is 0.832. The predicted molar refractivity (Wildman–Crippen MR) is 37.2 cm³/mol. The van der Waals surface area contributed by atoms with Crippen molar-refractivity contribution in [2.24, 2.45) is 5.41 Å². The van der Waals surface area contributed by atoms with Crippen molar-refractivity contribution < 1.29 is 17.4 Å². The first-order chi connectivity index (χ1) is 5.02. The molecule has 0 amide bonds. The zero-order valence-corrected chi connectivity index (χ0v) is 6.89. The first kappa shape index (κ1) is 9.19. The minimum absolute atomic E-state index is 0.197. The molecule has 66 valence electrons. The Morgan fingerprint density at radius 3 is 2.27 bits per heavy atom. The highest BCUT2D eigenvalue weighted by Gasteiger charge is 2.63. The summed E-state index contributed by atoms with van der Waals surface area (Å²) in [6, 6.07) is 0. The summed E-state index contributed by atoms with van der Waals surface area (Å²) >= 11 is 0.985. The number of halogens is 3. The lowest BCUT2D eigenvalue weighted by Gasteiger charge is -2.17. The molecule has 0 spiro atoms. The van der Waals surface area contributed by atoms with Gasteiger partial charge in [0.1, 0.15) is 0 Å². The lowest BCUT2D eigenvalue weighted by atomic mass is 10.1. The molecule has 0 aromatic rings. The van der Waals surface area contributed by atoms with Crippen LogP contribution in [0.3, 0.4) is 0 Å². The van der Waals surface area contributed by atoms with Crippen LogP contribution < -0.4 is 0 Å². The molecular formula is C6H9F3OS. The van der Waals surface area contributed by atoms with Gasteiger partial charge in [0.05, 0.1) is 12.0 Å². The van der Waals surface area contributed by atoms with Crippen LogP contribution in [-0.4, -0.2) is 19.0 Å². The van der Waals surface area contributed by atoms with Crippen molar-refractivity contribution in [2.75, 3.05) is 12.9 Å². The van der Waals surface area contributed by atoms with Crippen LogP contribution in [0.2, 0.25) is 0 Å². The molecular weight excluding hydrogens is 177 g/mol. The van der Waals surface area contributed by atoms with Gasteiger partial charge in [-0.15, -0.1) is 0 Å². The zero-order chi connectivity index (χ0) is 8.54. The standard InChI is InChI=1S/C6H9F3OS/c1-11-10-4-5(2-3-5)6(7,8)9/h2-4H2,1H3. The van der Waals surface area contributed by atoms with Crippen molar-refractivity contribution in [3.05, 3.63) is 0 Å². The van der Waals surface area contributed by atoms with Crippen molar-refractivity contribution in [3.8, 4) is 0 Å². The highest BCUT2D eigenvalue weighted by Crippen LogP contribution is 2.57. The maximum absolute atomic E-state index is 12.1. The minimum Gasteiger partial charge on any atom is -0.315 e.